The van der Waals surface area contributed by atoms with E-state index >= 15 is 0 Å². The van der Waals surface area contributed by atoms with Gasteiger partial charge in [-0.15, -0.1) is 5.10 Å². The number of aromatic nitrogens is 4. The van der Waals surface area contributed by atoms with E-state index in [0.29, 0.717) is 30.0 Å². The van der Waals surface area contributed by atoms with E-state index in [1.165, 1.54) is 12.8 Å². The summed E-state index contributed by atoms with van der Waals surface area (Å²) in [5, 5.41) is 13.8. The van der Waals surface area contributed by atoms with Crippen LogP contribution in [0, 0.1) is 17.2 Å². The summed E-state index contributed by atoms with van der Waals surface area (Å²) in [6.45, 7) is 2.48. The standard InChI is InChI=1S/C21H22N6O/c22-12-17-19(2-1-9-23-17)26-10-7-15(8-11-26)14-28-21-6-5-20-24-18(16-3-4-16)13-27(20)25-21/h1-2,5-6,9,13,15-16H,3-4,7-8,10-11,14H2. The van der Waals surface area contributed by atoms with E-state index in [9.17, 15) is 5.26 Å². The van der Waals surface area contributed by atoms with Crippen molar-refractivity contribution in [3.63, 3.8) is 0 Å². The zero-order valence-corrected chi connectivity index (χ0v) is 15.7. The van der Waals surface area contributed by atoms with Crippen LogP contribution in [-0.4, -0.2) is 39.3 Å². The van der Waals surface area contributed by atoms with Crippen LogP contribution < -0.4 is 9.64 Å². The summed E-state index contributed by atoms with van der Waals surface area (Å²) >= 11 is 0. The molecule has 0 N–H and O–H groups in total. The van der Waals surface area contributed by atoms with Crippen LogP contribution in [0.15, 0.2) is 36.7 Å². The number of imidazole rings is 1. The van der Waals surface area contributed by atoms with E-state index in [1.54, 1.807) is 6.20 Å². The minimum absolute atomic E-state index is 0.487. The van der Waals surface area contributed by atoms with Crippen LogP contribution in [0.4, 0.5) is 5.69 Å². The maximum atomic E-state index is 9.25. The second-order valence-electron chi connectivity index (χ2n) is 7.64. The van der Waals surface area contributed by atoms with Crippen molar-refractivity contribution in [3.05, 3.63) is 48.0 Å². The summed E-state index contributed by atoms with van der Waals surface area (Å²) in [4.78, 5) is 11.0. The number of piperidine rings is 1. The van der Waals surface area contributed by atoms with Gasteiger partial charge in [0.25, 0.3) is 0 Å². The Morgan fingerprint density at radius 1 is 1.14 bits per heavy atom. The van der Waals surface area contributed by atoms with Gasteiger partial charge in [-0.3, -0.25) is 0 Å². The van der Waals surface area contributed by atoms with Gasteiger partial charge in [-0.1, -0.05) is 0 Å². The second kappa shape index (κ2) is 7.12. The number of fused-ring (bicyclic) bond motifs is 1. The molecular weight excluding hydrogens is 352 g/mol. The van der Waals surface area contributed by atoms with E-state index in [0.717, 1.165) is 43.0 Å². The first kappa shape index (κ1) is 17.0. The molecule has 4 heterocycles. The fraction of sp³-hybridized carbons (Fsp3) is 0.429. The molecular formula is C21H22N6O. The quantitative estimate of drug-likeness (QED) is 0.682. The molecule has 0 bridgehead atoms. The Morgan fingerprint density at radius 3 is 2.79 bits per heavy atom. The van der Waals surface area contributed by atoms with Crippen LogP contribution in [0.2, 0.25) is 0 Å². The third-order valence-corrected chi connectivity index (χ3v) is 5.62. The van der Waals surface area contributed by atoms with Crippen molar-refractivity contribution in [1.29, 1.82) is 5.26 Å². The fourth-order valence-corrected chi connectivity index (χ4v) is 3.82. The second-order valence-corrected chi connectivity index (χ2v) is 7.64. The molecule has 0 unspecified atom stereocenters. The third-order valence-electron chi connectivity index (χ3n) is 5.62. The molecule has 1 saturated carbocycles. The van der Waals surface area contributed by atoms with Crippen molar-refractivity contribution in [3.8, 4) is 11.9 Å². The first-order valence-corrected chi connectivity index (χ1v) is 9.89. The van der Waals surface area contributed by atoms with Crippen LogP contribution in [-0.2, 0) is 0 Å². The predicted octanol–water partition coefficient (Wildman–Crippen LogP) is 3.17. The minimum Gasteiger partial charge on any atom is -0.476 e. The van der Waals surface area contributed by atoms with Gasteiger partial charge in [0.2, 0.25) is 5.88 Å². The van der Waals surface area contributed by atoms with Gasteiger partial charge in [0.05, 0.1) is 24.2 Å². The lowest BCUT2D eigenvalue weighted by Gasteiger charge is -2.33. The van der Waals surface area contributed by atoms with Gasteiger partial charge >= 0.3 is 0 Å². The number of anilines is 1. The van der Waals surface area contributed by atoms with Crippen LogP contribution in [0.25, 0.3) is 5.65 Å². The van der Waals surface area contributed by atoms with Gasteiger partial charge in [0.1, 0.15) is 6.07 Å². The first-order valence-electron chi connectivity index (χ1n) is 9.89. The smallest absolute Gasteiger partial charge is 0.231 e. The van der Waals surface area contributed by atoms with E-state index in [2.05, 4.69) is 26.0 Å². The van der Waals surface area contributed by atoms with Crippen molar-refractivity contribution in [2.45, 2.75) is 31.6 Å². The minimum atomic E-state index is 0.487. The number of hydrogen-bond donors (Lipinski definition) is 0. The molecule has 28 heavy (non-hydrogen) atoms. The van der Waals surface area contributed by atoms with Crippen LogP contribution in [0.5, 0.6) is 5.88 Å². The summed E-state index contributed by atoms with van der Waals surface area (Å²) in [6, 6.07) is 9.93. The SMILES string of the molecule is N#Cc1ncccc1N1CCC(COc2ccc3nc(C4CC4)cn3n2)CC1. The highest BCUT2D eigenvalue weighted by Gasteiger charge is 2.26. The monoisotopic (exact) mass is 374 g/mol. The van der Waals surface area contributed by atoms with E-state index in [-0.39, 0.29) is 0 Å². The Kier molecular flexibility index (Phi) is 4.32. The van der Waals surface area contributed by atoms with Crippen molar-refractivity contribution >= 4 is 11.3 Å². The molecule has 3 aromatic rings. The van der Waals surface area contributed by atoms with Crippen LogP contribution in [0.3, 0.4) is 0 Å². The van der Waals surface area contributed by atoms with E-state index in [1.807, 2.05) is 35.0 Å². The lowest BCUT2D eigenvalue weighted by Crippen LogP contribution is -2.36. The summed E-state index contributed by atoms with van der Waals surface area (Å²) in [5.41, 5.74) is 3.46. The number of ether oxygens (including phenoxy) is 1. The van der Waals surface area contributed by atoms with Crippen molar-refractivity contribution in [1.82, 2.24) is 19.6 Å². The molecule has 0 amide bonds. The molecule has 1 saturated heterocycles. The molecule has 2 fully saturated rings. The van der Waals surface area contributed by atoms with Gasteiger partial charge in [0.15, 0.2) is 11.3 Å². The van der Waals surface area contributed by atoms with Crippen molar-refractivity contribution < 1.29 is 4.74 Å². The predicted molar refractivity (Wildman–Crippen MR) is 104 cm³/mol. The lowest BCUT2D eigenvalue weighted by molar-refractivity contribution is 0.214. The van der Waals surface area contributed by atoms with E-state index < -0.39 is 0 Å². The normalized spacial score (nSPS) is 17.6. The lowest BCUT2D eigenvalue weighted by atomic mass is 9.97. The molecule has 0 atom stereocenters. The third kappa shape index (κ3) is 3.38. The molecule has 0 spiro atoms. The topological polar surface area (TPSA) is 79.3 Å². The Balaban J connectivity index is 1.18. The Bertz CT molecular complexity index is 1030. The van der Waals surface area contributed by atoms with Gasteiger partial charge in [-0.25, -0.2) is 14.5 Å². The number of pyridine rings is 1. The number of nitrogens with zero attached hydrogens (tertiary/aromatic N) is 6. The molecule has 2 aliphatic rings. The maximum absolute atomic E-state index is 9.25. The van der Waals surface area contributed by atoms with Gasteiger partial charge in [-0.05, 0) is 49.8 Å². The fourth-order valence-electron chi connectivity index (χ4n) is 3.82. The molecule has 5 rings (SSSR count). The number of rotatable bonds is 5. The first-order chi connectivity index (χ1) is 13.8. The highest BCUT2D eigenvalue weighted by atomic mass is 16.5. The summed E-state index contributed by atoms with van der Waals surface area (Å²) in [5.74, 6) is 1.76. The average Bonchev–Trinajstić information content (AvgIpc) is 3.51. The Labute approximate surface area is 163 Å². The van der Waals surface area contributed by atoms with Crippen LogP contribution in [0.1, 0.15) is 43.0 Å². The molecule has 0 radical (unpaired) electrons. The zero-order valence-electron chi connectivity index (χ0n) is 15.7. The average molecular weight is 374 g/mol. The van der Waals surface area contributed by atoms with Crippen LogP contribution >= 0.6 is 0 Å². The maximum Gasteiger partial charge on any atom is 0.231 e. The summed E-state index contributed by atoms with van der Waals surface area (Å²) in [6.07, 6.45) is 8.22. The molecule has 3 aromatic heterocycles. The number of nitriles is 1. The molecule has 7 nitrogen and oxygen atoms in total. The van der Waals surface area contributed by atoms with Gasteiger partial charge in [-0.2, -0.15) is 5.26 Å². The Hall–Kier alpha value is -3.14. The Morgan fingerprint density at radius 2 is 2.00 bits per heavy atom. The van der Waals surface area contributed by atoms with Crippen molar-refractivity contribution in [2.75, 3.05) is 24.6 Å². The molecule has 7 heteroatoms. The van der Waals surface area contributed by atoms with E-state index in [4.69, 9.17) is 4.74 Å². The molecule has 1 aliphatic carbocycles. The molecule has 0 aromatic carbocycles. The van der Waals surface area contributed by atoms with Gasteiger partial charge < -0.3 is 9.64 Å². The highest BCUT2D eigenvalue weighted by molar-refractivity contribution is 5.55. The van der Waals surface area contributed by atoms with Crippen molar-refractivity contribution in [2.24, 2.45) is 5.92 Å². The zero-order chi connectivity index (χ0) is 18.9. The number of hydrogen-bond acceptors (Lipinski definition) is 6. The molecule has 142 valence electrons. The largest absolute Gasteiger partial charge is 0.476 e. The summed E-state index contributed by atoms with van der Waals surface area (Å²) < 4.78 is 7.81. The molecule has 1 aliphatic heterocycles. The highest BCUT2D eigenvalue weighted by Crippen LogP contribution is 2.39. The van der Waals surface area contributed by atoms with Gasteiger partial charge in [0, 0.05) is 31.3 Å². The summed E-state index contributed by atoms with van der Waals surface area (Å²) in [7, 11) is 0.